The number of ether oxygens (including phenoxy) is 1. The Hall–Kier alpha value is -2.61. The lowest BCUT2D eigenvalue weighted by molar-refractivity contribution is -0.131. The average molecular weight is 407 g/mol. The first-order valence-electron chi connectivity index (χ1n) is 7.42. The van der Waals surface area contributed by atoms with Gasteiger partial charge in [0.25, 0.3) is 5.91 Å². The molecule has 0 radical (unpaired) electrons. The van der Waals surface area contributed by atoms with Gasteiger partial charge in [-0.1, -0.05) is 28.1 Å². The predicted molar refractivity (Wildman–Crippen MR) is 90.6 cm³/mol. The second-order valence-electron chi connectivity index (χ2n) is 5.71. The van der Waals surface area contributed by atoms with Crippen molar-refractivity contribution in [2.24, 2.45) is 0 Å². The van der Waals surface area contributed by atoms with Gasteiger partial charge in [-0.05, 0) is 36.8 Å². The minimum atomic E-state index is -1.17. The Labute approximate surface area is 152 Å². The predicted octanol–water partition coefficient (Wildman–Crippen LogP) is 2.80. The number of amides is 3. The molecule has 3 amide bonds. The molecule has 0 bridgehead atoms. The number of urea groups is 1. The summed E-state index contributed by atoms with van der Waals surface area (Å²) in [6.45, 7) is 1.57. The second-order valence-corrected chi connectivity index (χ2v) is 6.63. The summed E-state index contributed by atoms with van der Waals surface area (Å²) >= 11 is 3.36. The zero-order valence-electron chi connectivity index (χ0n) is 13.5. The molecule has 1 aromatic carbocycles. The molecule has 1 aliphatic heterocycles. The van der Waals surface area contributed by atoms with E-state index in [-0.39, 0.29) is 12.3 Å². The maximum atomic E-state index is 12.8. The number of furan rings is 1. The largest absolute Gasteiger partial charge is 0.463 e. The molecule has 1 fully saturated rings. The Morgan fingerprint density at radius 1 is 1.32 bits per heavy atom. The van der Waals surface area contributed by atoms with Crippen molar-refractivity contribution < 1.29 is 23.5 Å². The number of halogens is 1. The van der Waals surface area contributed by atoms with Crippen LogP contribution in [0.5, 0.6) is 0 Å². The summed E-state index contributed by atoms with van der Waals surface area (Å²) in [4.78, 5) is 37.6. The number of carbonyl (C=O) groups is 3. The molecule has 25 heavy (non-hydrogen) atoms. The summed E-state index contributed by atoms with van der Waals surface area (Å²) in [5.41, 5.74) is -0.504. The van der Waals surface area contributed by atoms with Crippen LogP contribution < -0.4 is 5.32 Å². The number of hydrogen-bond acceptors (Lipinski definition) is 5. The molecule has 2 heterocycles. The maximum Gasteiger partial charge on any atom is 0.373 e. The molecule has 0 spiro atoms. The number of nitrogens with one attached hydrogen (secondary N) is 1. The van der Waals surface area contributed by atoms with Gasteiger partial charge in [0.2, 0.25) is 5.76 Å². The van der Waals surface area contributed by atoms with Crippen LogP contribution in [0.15, 0.2) is 45.3 Å². The highest BCUT2D eigenvalue weighted by atomic mass is 79.9. The molecule has 1 atom stereocenters. The molecule has 3 rings (SSSR count). The van der Waals surface area contributed by atoms with Gasteiger partial charge < -0.3 is 14.5 Å². The standard InChI is InChI=1S/C17H15BrN2O5/c1-17(10-4-3-5-11(18)8-10)15(22)20(16(23)19-17)9-12-6-7-13(25-12)14(21)24-2/h3-8H,9H2,1-2H3,(H,19,23)/t17-/m1/s1. The number of methoxy groups -OCH3 is 1. The summed E-state index contributed by atoms with van der Waals surface area (Å²) in [5, 5.41) is 2.72. The number of nitrogens with zero attached hydrogens (tertiary/aromatic N) is 1. The Bertz CT molecular complexity index is 862. The zero-order valence-corrected chi connectivity index (χ0v) is 15.1. The maximum absolute atomic E-state index is 12.8. The number of hydrogen-bond donors (Lipinski definition) is 1. The zero-order chi connectivity index (χ0) is 18.2. The van der Waals surface area contributed by atoms with Crippen LogP contribution in [0.4, 0.5) is 4.79 Å². The van der Waals surface area contributed by atoms with Crippen LogP contribution in [-0.2, 0) is 21.6 Å². The molecule has 1 N–H and O–H groups in total. The third kappa shape index (κ3) is 3.05. The van der Waals surface area contributed by atoms with E-state index < -0.39 is 23.4 Å². The van der Waals surface area contributed by atoms with Gasteiger partial charge in [0.1, 0.15) is 11.3 Å². The Balaban J connectivity index is 1.84. The first kappa shape index (κ1) is 17.2. The van der Waals surface area contributed by atoms with E-state index in [9.17, 15) is 14.4 Å². The fraction of sp³-hybridized carbons (Fsp3) is 0.235. The van der Waals surface area contributed by atoms with Gasteiger partial charge in [0.05, 0.1) is 13.7 Å². The highest BCUT2D eigenvalue weighted by molar-refractivity contribution is 9.10. The lowest BCUT2D eigenvalue weighted by Crippen LogP contribution is -2.40. The quantitative estimate of drug-likeness (QED) is 0.622. The van der Waals surface area contributed by atoms with Gasteiger partial charge in [-0.15, -0.1) is 0 Å². The lowest BCUT2D eigenvalue weighted by Gasteiger charge is -2.22. The van der Waals surface area contributed by atoms with Crippen LogP contribution in [0, 0.1) is 0 Å². The number of carbonyl (C=O) groups excluding carboxylic acids is 3. The van der Waals surface area contributed by atoms with Crippen LogP contribution in [0.25, 0.3) is 0 Å². The Kier molecular flexibility index (Phi) is 4.38. The van der Waals surface area contributed by atoms with Crippen LogP contribution in [0.3, 0.4) is 0 Å². The smallest absolute Gasteiger partial charge is 0.373 e. The molecule has 7 nitrogen and oxygen atoms in total. The van der Waals surface area contributed by atoms with Gasteiger partial charge in [-0.2, -0.15) is 0 Å². The normalized spacial score (nSPS) is 19.9. The molecule has 1 aromatic heterocycles. The van der Waals surface area contributed by atoms with E-state index in [1.807, 2.05) is 6.07 Å². The fourth-order valence-electron chi connectivity index (χ4n) is 2.66. The molecule has 0 saturated carbocycles. The monoisotopic (exact) mass is 406 g/mol. The summed E-state index contributed by atoms with van der Waals surface area (Å²) in [5.74, 6) is -0.698. The van der Waals surface area contributed by atoms with Gasteiger partial charge in [0.15, 0.2) is 0 Å². The van der Waals surface area contributed by atoms with E-state index in [2.05, 4.69) is 26.0 Å². The lowest BCUT2D eigenvalue weighted by atomic mass is 9.92. The molecule has 8 heteroatoms. The van der Waals surface area contributed by atoms with E-state index >= 15 is 0 Å². The van der Waals surface area contributed by atoms with Crippen molar-refractivity contribution in [1.82, 2.24) is 10.2 Å². The fourth-order valence-corrected chi connectivity index (χ4v) is 3.06. The minimum absolute atomic E-state index is 0.0132. The number of esters is 1. The second kappa shape index (κ2) is 6.36. The van der Waals surface area contributed by atoms with Crippen LogP contribution in [-0.4, -0.2) is 29.9 Å². The minimum Gasteiger partial charge on any atom is -0.463 e. The van der Waals surface area contributed by atoms with Crippen LogP contribution in [0.1, 0.15) is 28.8 Å². The van der Waals surface area contributed by atoms with Crippen molar-refractivity contribution in [2.75, 3.05) is 7.11 Å². The highest BCUT2D eigenvalue weighted by Gasteiger charge is 2.49. The SMILES string of the molecule is COC(=O)c1ccc(CN2C(=O)N[C@](C)(c3cccc(Br)c3)C2=O)o1. The number of imide groups is 1. The van der Waals surface area contributed by atoms with Gasteiger partial charge >= 0.3 is 12.0 Å². The molecule has 0 aliphatic carbocycles. The molecule has 130 valence electrons. The van der Waals surface area contributed by atoms with E-state index in [1.54, 1.807) is 25.1 Å². The van der Waals surface area contributed by atoms with Crippen molar-refractivity contribution in [3.63, 3.8) is 0 Å². The van der Waals surface area contributed by atoms with Crippen molar-refractivity contribution in [2.45, 2.75) is 19.0 Å². The van der Waals surface area contributed by atoms with E-state index in [0.29, 0.717) is 11.3 Å². The first-order chi connectivity index (χ1) is 11.8. The van der Waals surface area contributed by atoms with Gasteiger partial charge in [-0.25, -0.2) is 9.59 Å². The number of rotatable bonds is 4. The molecule has 0 unspecified atom stereocenters. The number of benzene rings is 1. The summed E-state index contributed by atoms with van der Waals surface area (Å²) < 4.78 is 10.7. The van der Waals surface area contributed by atoms with E-state index in [0.717, 1.165) is 9.37 Å². The van der Waals surface area contributed by atoms with Crippen molar-refractivity contribution in [3.8, 4) is 0 Å². The summed E-state index contributed by atoms with van der Waals surface area (Å²) in [6, 6.07) is 9.63. The van der Waals surface area contributed by atoms with Crippen LogP contribution in [0.2, 0.25) is 0 Å². The average Bonchev–Trinajstić information content (AvgIpc) is 3.14. The topological polar surface area (TPSA) is 88.9 Å². The molecule has 2 aromatic rings. The molecule has 1 saturated heterocycles. The summed E-state index contributed by atoms with van der Waals surface area (Å²) in [6.07, 6.45) is 0. The molecular formula is C17H15BrN2O5. The first-order valence-corrected chi connectivity index (χ1v) is 8.21. The van der Waals surface area contributed by atoms with Crippen molar-refractivity contribution >= 4 is 33.8 Å². The van der Waals surface area contributed by atoms with Gasteiger partial charge in [0, 0.05) is 4.47 Å². The molecule has 1 aliphatic rings. The van der Waals surface area contributed by atoms with Crippen molar-refractivity contribution in [1.29, 1.82) is 0 Å². The Morgan fingerprint density at radius 3 is 2.76 bits per heavy atom. The third-order valence-corrected chi connectivity index (χ3v) is 4.53. The highest BCUT2D eigenvalue weighted by Crippen LogP contribution is 2.31. The van der Waals surface area contributed by atoms with E-state index in [1.165, 1.54) is 19.2 Å². The Morgan fingerprint density at radius 2 is 2.08 bits per heavy atom. The third-order valence-electron chi connectivity index (χ3n) is 4.04. The van der Waals surface area contributed by atoms with Gasteiger partial charge in [-0.3, -0.25) is 9.69 Å². The molecular weight excluding hydrogens is 392 g/mol. The summed E-state index contributed by atoms with van der Waals surface area (Å²) in [7, 11) is 1.24. The van der Waals surface area contributed by atoms with Crippen LogP contribution >= 0.6 is 15.9 Å². The van der Waals surface area contributed by atoms with E-state index in [4.69, 9.17) is 4.42 Å². The van der Waals surface area contributed by atoms with Crippen molar-refractivity contribution in [3.05, 3.63) is 58.0 Å².